The number of benzene rings is 7. The van der Waals surface area contributed by atoms with Crippen LogP contribution in [0.25, 0.3) is 66.1 Å². The van der Waals surface area contributed by atoms with Crippen molar-refractivity contribution in [3.63, 3.8) is 0 Å². The summed E-state index contributed by atoms with van der Waals surface area (Å²) in [6, 6.07) is 55.5. The summed E-state index contributed by atoms with van der Waals surface area (Å²) in [5.41, 5.74) is 17.2. The summed E-state index contributed by atoms with van der Waals surface area (Å²) >= 11 is 0. The summed E-state index contributed by atoms with van der Waals surface area (Å²) in [4.78, 5) is 10.1. The summed E-state index contributed by atoms with van der Waals surface area (Å²) < 4.78 is 12.5. The Labute approximate surface area is 288 Å². The molecule has 0 unspecified atom stereocenters. The SMILES string of the molecule is NC(=NC(=NCc1ccc(-c2ccccc2)cc1)c1cccc2oc3ccc(-c4ccc5oc6ccccc6c5c4)cc3c12)c1ccccc1. The second kappa shape index (κ2) is 12.4. The van der Waals surface area contributed by atoms with E-state index in [1.807, 2.05) is 84.9 Å². The summed E-state index contributed by atoms with van der Waals surface area (Å²) in [5, 5.41) is 4.12. The van der Waals surface area contributed by atoms with Gasteiger partial charge in [0.2, 0.25) is 0 Å². The smallest absolute Gasteiger partial charge is 0.158 e. The Kier molecular flexibility index (Phi) is 7.29. The number of aliphatic imine (C=N–C) groups is 2. The van der Waals surface area contributed by atoms with Crippen LogP contribution in [0.4, 0.5) is 0 Å². The normalized spacial score (nSPS) is 12.4. The Morgan fingerprint density at radius 2 is 1.06 bits per heavy atom. The van der Waals surface area contributed by atoms with Crippen molar-refractivity contribution >= 4 is 55.5 Å². The van der Waals surface area contributed by atoms with Crippen LogP contribution in [-0.2, 0) is 6.54 Å². The number of hydrogen-bond donors (Lipinski definition) is 1. The van der Waals surface area contributed by atoms with Gasteiger partial charge in [-0.1, -0.05) is 127 Å². The molecule has 0 aliphatic heterocycles. The molecule has 5 nitrogen and oxygen atoms in total. The monoisotopic (exact) mass is 645 g/mol. The molecule has 0 saturated carbocycles. The van der Waals surface area contributed by atoms with Crippen LogP contribution in [0, 0.1) is 0 Å². The first kappa shape index (κ1) is 29.4. The summed E-state index contributed by atoms with van der Waals surface area (Å²) in [5.74, 6) is 0.943. The van der Waals surface area contributed by atoms with E-state index in [4.69, 9.17) is 24.6 Å². The quantitative estimate of drug-likeness (QED) is 0.144. The van der Waals surface area contributed by atoms with Crippen LogP contribution in [0.1, 0.15) is 16.7 Å². The Balaban J connectivity index is 1.16. The third kappa shape index (κ3) is 5.41. The molecule has 0 radical (unpaired) electrons. The molecule has 50 heavy (non-hydrogen) atoms. The fourth-order valence-electron chi connectivity index (χ4n) is 6.67. The van der Waals surface area contributed by atoms with Gasteiger partial charge in [0.1, 0.15) is 28.2 Å². The number of furan rings is 2. The molecule has 9 rings (SSSR count). The first-order valence-corrected chi connectivity index (χ1v) is 16.6. The fourth-order valence-corrected chi connectivity index (χ4v) is 6.67. The van der Waals surface area contributed by atoms with Gasteiger partial charge < -0.3 is 14.6 Å². The molecule has 0 atom stereocenters. The Morgan fingerprint density at radius 1 is 0.480 bits per heavy atom. The number of hydrogen-bond acceptors (Lipinski definition) is 3. The Morgan fingerprint density at radius 3 is 1.84 bits per heavy atom. The summed E-state index contributed by atoms with van der Waals surface area (Å²) in [6.45, 7) is 0.437. The lowest BCUT2D eigenvalue weighted by Crippen LogP contribution is -2.16. The molecule has 0 bridgehead atoms. The third-order valence-electron chi connectivity index (χ3n) is 9.21. The van der Waals surface area contributed by atoms with Crippen LogP contribution < -0.4 is 5.73 Å². The molecule has 2 N–H and O–H groups in total. The highest BCUT2D eigenvalue weighted by Crippen LogP contribution is 2.37. The van der Waals surface area contributed by atoms with Crippen LogP contribution in [0.3, 0.4) is 0 Å². The minimum absolute atomic E-state index is 0.398. The van der Waals surface area contributed by atoms with Crippen LogP contribution in [0.5, 0.6) is 0 Å². The maximum Gasteiger partial charge on any atom is 0.158 e. The predicted octanol–water partition coefficient (Wildman–Crippen LogP) is 11.2. The molecular weight excluding hydrogens is 615 g/mol. The van der Waals surface area contributed by atoms with Crippen LogP contribution in [0.15, 0.2) is 183 Å². The van der Waals surface area contributed by atoms with Gasteiger partial charge in [-0.2, -0.15) is 0 Å². The van der Waals surface area contributed by atoms with Gasteiger partial charge in [0, 0.05) is 32.7 Å². The zero-order valence-corrected chi connectivity index (χ0v) is 27.1. The maximum atomic E-state index is 6.63. The molecule has 7 aromatic carbocycles. The Bertz CT molecular complexity index is 2720. The molecule has 2 heterocycles. The molecule has 238 valence electrons. The van der Waals surface area contributed by atoms with Gasteiger partial charge in [-0.3, -0.25) is 4.99 Å². The molecule has 9 aromatic rings. The van der Waals surface area contributed by atoms with Crippen molar-refractivity contribution in [1.82, 2.24) is 0 Å². The van der Waals surface area contributed by atoms with Gasteiger partial charge in [-0.25, -0.2) is 4.99 Å². The highest BCUT2D eigenvalue weighted by atomic mass is 16.3. The lowest BCUT2D eigenvalue weighted by atomic mass is 9.99. The Hall–Kier alpha value is -6.72. The average Bonchev–Trinajstić information content (AvgIpc) is 3.75. The minimum atomic E-state index is 0.398. The van der Waals surface area contributed by atoms with Crippen molar-refractivity contribution in [2.45, 2.75) is 6.54 Å². The van der Waals surface area contributed by atoms with Gasteiger partial charge in [0.05, 0.1) is 6.54 Å². The van der Waals surface area contributed by atoms with E-state index in [0.717, 1.165) is 77.3 Å². The predicted molar refractivity (Wildman–Crippen MR) is 206 cm³/mol. The highest BCUT2D eigenvalue weighted by Gasteiger charge is 2.17. The van der Waals surface area contributed by atoms with E-state index < -0.39 is 0 Å². The molecule has 5 heteroatoms. The maximum absolute atomic E-state index is 6.63. The largest absolute Gasteiger partial charge is 0.456 e. The molecule has 0 spiro atoms. The minimum Gasteiger partial charge on any atom is -0.456 e. The molecule has 0 amide bonds. The van der Waals surface area contributed by atoms with E-state index in [9.17, 15) is 0 Å². The molecular formula is C45H31N3O2. The van der Waals surface area contributed by atoms with Crippen molar-refractivity contribution in [3.8, 4) is 22.3 Å². The number of nitrogens with two attached hydrogens (primary N) is 1. The lowest BCUT2D eigenvalue weighted by molar-refractivity contribution is 0.668. The van der Waals surface area contributed by atoms with Gasteiger partial charge in [0.15, 0.2) is 5.84 Å². The van der Waals surface area contributed by atoms with E-state index in [1.54, 1.807) is 0 Å². The van der Waals surface area contributed by atoms with Crippen LogP contribution in [-0.4, -0.2) is 11.7 Å². The zero-order valence-electron chi connectivity index (χ0n) is 27.1. The molecule has 2 aromatic heterocycles. The van der Waals surface area contributed by atoms with Crippen molar-refractivity contribution in [2.24, 2.45) is 15.7 Å². The van der Waals surface area contributed by atoms with E-state index in [-0.39, 0.29) is 0 Å². The average molecular weight is 646 g/mol. The van der Waals surface area contributed by atoms with Crippen molar-refractivity contribution in [1.29, 1.82) is 0 Å². The van der Waals surface area contributed by atoms with E-state index in [2.05, 4.69) is 78.9 Å². The number of amidine groups is 2. The van der Waals surface area contributed by atoms with Gasteiger partial charge >= 0.3 is 0 Å². The van der Waals surface area contributed by atoms with E-state index >= 15 is 0 Å². The van der Waals surface area contributed by atoms with Gasteiger partial charge in [-0.05, 0) is 64.2 Å². The lowest BCUT2D eigenvalue weighted by Gasteiger charge is -2.08. The number of para-hydroxylation sites is 1. The zero-order chi connectivity index (χ0) is 33.4. The van der Waals surface area contributed by atoms with Crippen LogP contribution >= 0.6 is 0 Å². The number of fused-ring (bicyclic) bond motifs is 6. The second-order valence-corrected chi connectivity index (χ2v) is 12.4. The summed E-state index contributed by atoms with van der Waals surface area (Å²) in [7, 11) is 0. The second-order valence-electron chi connectivity index (χ2n) is 12.4. The van der Waals surface area contributed by atoms with Gasteiger partial charge in [0.25, 0.3) is 0 Å². The molecule has 0 aliphatic carbocycles. The van der Waals surface area contributed by atoms with Crippen molar-refractivity contribution in [2.75, 3.05) is 0 Å². The van der Waals surface area contributed by atoms with Crippen molar-refractivity contribution < 1.29 is 8.83 Å². The van der Waals surface area contributed by atoms with E-state index in [1.165, 1.54) is 5.56 Å². The van der Waals surface area contributed by atoms with Crippen molar-refractivity contribution in [3.05, 3.63) is 180 Å². The van der Waals surface area contributed by atoms with Crippen LogP contribution in [0.2, 0.25) is 0 Å². The first-order valence-electron chi connectivity index (χ1n) is 16.6. The first-order chi connectivity index (χ1) is 24.7. The van der Waals surface area contributed by atoms with E-state index in [0.29, 0.717) is 18.2 Å². The molecule has 0 fully saturated rings. The highest BCUT2D eigenvalue weighted by molar-refractivity contribution is 6.21. The standard InChI is InChI=1S/C45H31N3O2/c46-44(32-12-5-2-6-13-32)48-45(47-28-29-18-20-31(21-19-29)30-10-3-1-4-11-30)36-15-9-17-42-43(36)38-27-34(23-25-41(38)50-42)33-22-24-40-37(26-33)35-14-7-8-16-39(35)49-40/h1-27H,28H2,(H2,46,47,48). The topological polar surface area (TPSA) is 77.0 Å². The summed E-state index contributed by atoms with van der Waals surface area (Å²) in [6.07, 6.45) is 0. The molecule has 0 aliphatic rings. The number of nitrogens with zero attached hydrogens (tertiary/aromatic N) is 2. The number of rotatable bonds is 6. The fraction of sp³-hybridized carbons (Fsp3) is 0.0222. The third-order valence-corrected chi connectivity index (χ3v) is 9.21. The van der Waals surface area contributed by atoms with Gasteiger partial charge in [-0.15, -0.1) is 0 Å². The molecule has 0 saturated heterocycles.